The third-order valence-electron chi connectivity index (χ3n) is 2.87. The molecular weight excluding hydrogens is 280 g/mol. The third kappa shape index (κ3) is 4.35. The van der Waals surface area contributed by atoms with Gasteiger partial charge in [0.15, 0.2) is 0 Å². The van der Waals surface area contributed by atoms with Crippen molar-refractivity contribution in [1.82, 2.24) is 10.2 Å². The lowest BCUT2D eigenvalue weighted by Crippen LogP contribution is -2.18. The number of rotatable bonds is 7. The van der Waals surface area contributed by atoms with Gasteiger partial charge in [0, 0.05) is 23.5 Å². The van der Waals surface area contributed by atoms with Crippen molar-refractivity contribution < 1.29 is 4.42 Å². The molecule has 3 nitrogen and oxygen atoms in total. The van der Waals surface area contributed by atoms with E-state index < -0.39 is 0 Å². The van der Waals surface area contributed by atoms with E-state index in [1.54, 1.807) is 17.6 Å². The first-order valence-corrected chi connectivity index (χ1v) is 7.57. The van der Waals surface area contributed by atoms with Crippen LogP contribution in [-0.2, 0) is 19.6 Å². The van der Waals surface area contributed by atoms with Gasteiger partial charge in [0.1, 0.15) is 5.76 Å². The van der Waals surface area contributed by atoms with Gasteiger partial charge in [-0.25, -0.2) is 0 Å². The van der Waals surface area contributed by atoms with Gasteiger partial charge >= 0.3 is 0 Å². The highest BCUT2D eigenvalue weighted by atomic mass is 35.5. The molecule has 0 bridgehead atoms. The van der Waals surface area contributed by atoms with Crippen LogP contribution in [-0.4, -0.2) is 18.5 Å². The Morgan fingerprint density at radius 3 is 2.84 bits per heavy atom. The van der Waals surface area contributed by atoms with Crippen molar-refractivity contribution in [1.29, 1.82) is 0 Å². The van der Waals surface area contributed by atoms with Crippen molar-refractivity contribution in [3.63, 3.8) is 0 Å². The molecule has 0 radical (unpaired) electrons. The standard InChI is InChI=1S/C14H19ClN2OS/c1-3-16-8-13-11(6-7-18-13)9-17(2)10-12-4-5-14(15)19-12/h4-7,16H,3,8-10H2,1-2H3. The summed E-state index contributed by atoms with van der Waals surface area (Å²) in [5.74, 6) is 1.03. The van der Waals surface area contributed by atoms with Crippen LogP contribution >= 0.6 is 22.9 Å². The average Bonchev–Trinajstić information content (AvgIpc) is 2.96. The molecule has 0 unspecified atom stereocenters. The Morgan fingerprint density at radius 1 is 1.32 bits per heavy atom. The molecule has 104 valence electrons. The second-order valence-corrected chi connectivity index (χ2v) is 6.33. The molecule has 2 aromatic rings. The van der Waals surface area contributed by atoms with E-state index in [0.29, 0.717) is 0 Å². The molecule has 5 heteroatoms. The van der Waals surface area contributed by atoms with Crippen molar-refractivity contribution in [2.45, 2.75) is 26.6 Å². The number of halogens is 1. The molecule has 0 spiro atoms. The molecule has 0 aliphatic carbocycles. The maximum atomic E-state index is 5.95. The molecule has 0 aliphatic heterocycles. The van der Waals surface area contributed by atoms with E-state index in [2.05, 4.69) is 30.3 Å². The Kier molecular flexibility index (Phi) is 5.45. The fourth-order valence-corrected chi connectivity index (χ4v) is 3.12. The van der Waals surface area contributed by atoms with Gasteiger partial charge in [-0.2, -0.15) is 0 Å². The van der Waals surface area contributed by atoms with Crippen molar-refractivity contribution in [2.75, 3.05) is 13.6 Å². The van der Waals surface area contributed by atoms with Crippen molar-refractivity contribution >= 4 is 22.9 Å². The van der Waals surface area contributed by atoms with E-state index in [9.17, 15) is 0 Å². The van der Waals surface area contributed by atoms with Gasteiger partial charge in [0.2, 0.25) is 0 Å². The lowest BCUT2D eigenvalue weighted by molar-refractivity contribution is 0.317. The Bertz CT molecular complexity index is 509. The summed E-state index contributed by atoms with van der Waals surface area (Å²) in [6.07, 6.45) is 1.76. The fraction of sp³-hybridized carbons (Fsp3) is 0.429. The van der Waals surface area contributed by atoms with Crippen LogP contribution in [0.25, 0.3) is 0 Å². The van der Waals surface area contributed by atoms with Crippen LogP contribution in [0.1, 0.15) is 23.1 Å². The molecule has 2 rings (SSSR count). The lowest BCUT2D eigenvalue weighted by Gasteiger charge is -2.15. The minimum atomic E-state index is 0.789. The predicted molar refractivity (Wildman–Crippen MR) is 80.6 cm³/mol. The molecule has 0 aliphatic rings. The molecule has 0 atom stereocenters. The van der Waals surface area contributed by atoms with Crippen LogP contribution in [0, 0.1) is 0 Å². The van der Waals surface area contributed by atoms with E-state index in [4.69, 9.17) is 16.0 Å². The van der Waals surface area contributed by atoms with Gasteiger partial charge in [-0.1, -0.05) is 18.5 Å². The van der Waals surface area contributed by atoms with Gasteiger partial charge in [0.25, 0.3) is 0 Å². The zero-order valence-electron chi connectivity index (χ0n) is 11.3. The molecule has 0 aromatic carbocycles. The lowest BCUT2D eigenvalue weighted by atomic mass is 10.2. The summed E-state index contributed by atoms with van der Waals surface area (Å²) in [5, 5.41) is 3.29. The Morgan fingerprint density at radius 2 is 2.16 bits per heavy atom. The molecule has 2 heterocycles. The van der Waals surface area contributed by atoms with E-state index in [-0.39, 0.29) is 0 Å². The summed E-state index contributed by atoms with van der Waals surface area (Å²) in [6, 6.07) is 6.08. The summed E-state index contributed by atoms with van der Waals surface area (Å²) >= 11 is 7.58. The van der Waals surface area contributed by atoms with Gasteiger partial charge in [-0.05, 0) is 31.8 Å². The summed E-state index contributed by atoms with van der Waals surface area (Å²) in [4.78, 5) is 3.55. The monoisotopic (exact) mass is 298 g/mol. The first kappa shape index (κ1) is 14.6. The van der Waals surface area contributed by atoms with Gasteiger partial charge in [-0.15, -0.1) is 11.3 Å². The van der Waals surface area contributed by atoms with E-state index in [1.807, 2.05) is 12.1 Å². The van der Waals surface area contributed by atoms with E-state index in [0.717, 1.165) is 36.3 Å². The topological polar surface area (TPSA) is 28.4 Å². The van der Waals surface area contributed by atoms with Crippen LogP contribution in [0.3, 0.4) is 0 Å². The SMILES string of the molecule is CCNCc1occc1CN(C)Cc1ccc(Cl)s1. The first-order valence-electron chi connectivity index (χ1n) is 6.37. The van der Waals surface area contributed by atoms with Crippen LogP contribution in [0.5, 0.6) is 0 Å². The molecular formula is C14H19ClN2OS. The molecule has 0 fully saturated rings. The zero-order valence-corrected chi connectivity index (χ0v) is 12.9. The minimum absolute atomic E-state index is 0.789. The predicted octanol–water partition coefficient (Wildman–Crippen LogP) is 3.74. The van der Waals surface area contributed by atoms with Gasteiger partial charge in [-0.3, -0.25) is 4.90 Å². The molecule has 0 saturated heterocycles. The summed E-state index contributed by atoms with van der Waals surface area (Å²) in [7, 11) is 2.11. The average molecular weight is 299 g/mol. The summed E-state index contributed by atoms with van der Waals surface area (Å²) < 4.78 is 6.36. The van der Waals surface area contributed by atoms with Crippen LogP contribution < -0.4 is 5.32 Å². The number of nitrogens with zero attached hydrogens (tertiary/aromatic N) is 1. The van der Waals surface area contributed by atoms with E-state index >= 15 is 0 Å². The number of hydrogen-bond acceptors (Lipinski definition) is 4. The molecule has 1 N–H and O–H groups in total. The van der Waals surface area contributed by atoms with Crippen molar-refractivity contribution in [3.8, 4) is 0 Å². The van der Waals surface area contributed by atoms with Crippen LogP contribution in [0.2, 0.25) is 4.34 Å². The number of thiophene rings is 1. The number of nitrogens with one attached hydrogen (secondary N) is 1. The highest BCUT2D eigenvalue weighted by molar-refractivity contribution is 7.16. The highest BCUT2D eigenvalue weighted by Gasteiger charge is 2.09. The maximum Gasteiger partial charge on any atom is 0.122 e. The highest BCUT2D eigenvalue weighted by Crippen LogP contribution is 2.23. The largest absolute Gasteiger partial charge is 0.468 e. The molecule has 0 amide bonds. The fourth-order valence-electron chi connectivity index (χ4n) is 1.95. The van der Waals surface area contributed by atoms with Crippen LogP contribution in [0.15, 0.2) is 28.9 Å². The van der Waals surface area contributed by atoms with Crippen molar-refractivity contribution in [2.24, 2.45) is 0 Å². The number of furan rings is 1. The van der Waals surface area contributed by atoms with E-state index in [1.165, 1.54) is 10.4 Å². The van der Waals surface area contributed by atoms with Crippen LogP contribution in [0.4, 0.5) is 0 Å². The first-order chi connectivity index (χ1) is 9.19. The van der Waals surface area contributed by atoms with Gasteiger partial charge in [0.05, 0.1) is 17.1 Å². The maximum absolute atomic E-state index is 5.95. The summed E-state index contributed by atoms with van der Waals surface area (Å²) in [6.45, 7) is 5.62. The van der Waals surface area contributed by atoms with Gasteiger partial charge < -0.3 is 9.73 Å². The van der Waals surface area contributed by atoms with Crippen molar-refractivity contribution in [3.05, 3.63) is 45.0 Å². The molecule has 0 saturated carbocycles. The second-order valence-electron chi connectivity index (χ2n) is 4.53. The Hall–Kier alpha value is -0.810. The smallest absolute Gasteiger partial charge is 0.122 e. The second kappa shape index (κ2) is 7.10. The molecule has 2 aromatic heterocycles. The molecule has 19 heavy (non-hydrogen) atoms. The third-order valence-corrected chi connectivity index (χ3v) is 4.08. The number of hydrogen-bond donors (Lipinski definition) is 1. The summed E-state index contributed by atoms with van der Waals surface area (Å²) in [5.41, 5.74) is 1.24. The minimum Gasteiger partial charge on any atom is -0.468 e. The normalized spacial score (nSPS) is 11.4. The quantitative estimate of drug-likeness (QED) is 0.844. The Balaban J connectivity index is 1.91. The zero-order chi connectivity index (χ0) is 13.7. The Labute approximate surface area is 123 Å².